The molecule has 4 rings (SSSR count). The van der Waals surface area contributed by atoms with Gasteiger partial charge < -0.3 is 9.47 Å². The first-order chi connectivity index (χ1) is 13.6. The lowest BCUT2D eigenvalue weighted by molar-refractivity contribution is 0.0975. The van der Waals surface area contributed by atoms with E-state index in [0.29, 0.717) is 42.6 Å². The van der Waals surface area contributed by atoms with Gasteiger partial charge in [0.2, 0.25) is 0 Å². The molecule has 28 heavy (non-hydrogen) atoms. The Hall–Kier alpha value is -2.76. The summed E-state index contributed by atoms with van der Waals surface area (Å²) < 4.78 is 11.3. The summed E-state index contributed by atoms with van der Waals surface area (Å²) in [7, 11) is 0. The van der Waals surface area contributed by atoms with Gasteiger partial charge in [-0.05, 0) is 29.8 Å². The molecule has 0 saturated heterocycles. The fraction of sp³-hybridized carbons (Fsp3) is 0.143. The van der Waals surface area contributed by atoms with E-state index in [-0.39, 0.29) is 16.0 Å². The van der Waals surface area contributed by atoms with Crippen molar-refractivity contribution >= 4 is 34.9 Å². The minimum atomic E-state index is -0.248. The van der Waals surface area contributed by atoms with Crippen molar-refractivity contribution in [3.05, 3.63) is 82.0 Å². The third-order valence-corrected chi connectivity index (χ3v) is 4.86. The maximum Gasteiger partial charge on any atom is 0.259 e. The van der Waals surface area contributed by atoms with Gasteiger partial charge in [0.1, 0.15) is 13.2 Å². The van der Waals surface area contributed by atoms with E-state index in [1.807, 2.05) is 30.3 Å². The van der Waals surface area contributed by atoms with E-state index in [2.05, 4.69) is 4.98 Å². The maximum absolute atomic E-state index is 13.0. The summed E-state index contributed by atoms with van der Waals surface area (Å²) in [6.07, 6.45) is 1.62. The molecule has 0 bridgehead atoms. The summed E-state index contributed by atoms with van der Waals surface area (Å²) in [5.41, 5.74) is 1.35. The van der Waals surface area contributed by atoms with Gasteiger partial charge in [-0.25, -0.2) is 4.98 Å². The van der Waals surface area contributed by atoms with Gasteiger partial charge in [0.15, 0.2) is 17.3 Å². The van der Waals surface area contributed by atoms with Gasteiger partial charge >= 0.3 is 0 Å². The first-order valence-corrected chi connectivity index (χ1v) is 9.44. The average Bonchev–Trinajstić information content (AvgIpc) is 2.73. The van der Waals surface area contributed by atoms with Crippen molar-refractivity contribution < 1.29 is 14.3 Å². The number of ether oxygens (including phenoxy) is 2. The first kappa shape index (κ1) is 18.6. The van der Waals surface area contributed by atoms with E-state index in [0.717, 1.165) is 5.56 Å². The smallest absolute Gasteiger partial charge is 0.259 e. The number of hydrogen-bond donors (Lipinski definition) is 0. The summed E-state index contributed by atoms with van der Waals surface area (Å²) in [4.78, 5) is 18.9. The summed E-state index contributed by atoms with van der Waals surface area (Å²) >= 11 is 12.7. The van der Waals surface area contributed by atoms with Crippen molar-refractivity contribution in [2.75, 3.05) is 18.1 Å². The van der Waals surface area contributed by atoms with Crippen LogP contribution in [0.1, 0.15) is 15.9 Å². The van der Waals surface area contributed by atoms with Crippen LogP contribution in [0.4, 0.5) is 5.82 Å². The lowest BCUT2D eigenvalue weighted by atomic mass is 10.1. The predicted octanol–water partition coefficient (Wildman–Crippen LogP) is 5.01. The molecule has 1 amide bonds. The number of amides is 1. The third-order valence-electron chi connectivity index (χ3n) is 4.30. The standard InChI is InChI=1S/C21H16Cl2N2O3/c22-16-11-15(12-17(23)19(16)28-13-14-5-2-1-3-6-14)21(26)25-9-10-27-18-7-4-8-24-20(18)25/h1-8,11-12H,9-10,13H2. The third kappa shape index (κ3) is 3.77. The van der Waals surface area contributed by atoms with Crippen LogP contribution in [0.15, 0.2) is 60.8 Å². The second-order valence-corrected chi connectivity index (χ2v) is 6.99. The number of carbonyl (C=O) groups excluding carboxylic acids is 1. The zero-order valence-corrected chi connectivity index (χ0v) is 16.3. The molecule has 2 aromatic carbocycles. The van der Waals surface area contributed by atoms with Crippen LogP contribution in [0.2, 0.25) is 10.0 Å². The molecule has 3 aromatic rings. The van der Waals surface area contributed by atoms with Gasteiger partial charge in [-0.15, -0.1) is 0 Å². The number of fused-ring (bicyclic) bond motifs is 1. The quantitative estimate of drug-likeness (QED) is 0.602. The Bertz CT molecular complexity index is 989. The van der Waals surface area contributed by atoms with Crippen LogP contribution in [0.3, 0.4) is 0 Å². The van der Waals surface area contributed by atoms with Gasteiger partial charge in [-0.1, -0.05) is 53.5 Å². The van der Waals surface area contributed by atoms with Crippen molar-refractivity contribution in [1.29, 1.82) is 0 Å². The Labute approximate surface area is 172 Å². The number of halogens is 2. The minimum Gasteiger partial charge on any atom is -0.488 e. The molecule has 0 N–H and O–H groups in total. The number of carbonyl (C=O) groups is 1. The van der Waals surface area contributed by atoms with Gasteiger partial charge in [-0.2, -0.15) is 0 Å². The summed E-state index contributed by atoms with van der Waals surface area (Å²) in [6.45, 7) is 1.11. The zero-order chi connectivity index (χ0) is 19.5. The predicted molar refractivity (Wildman–Crippen MR) is 109 cm³/mol. The Morgan fingerprint density at radius 3 is 2.61 bits per heavy atom. The maximum atomic E-state index is 13.0. The van der Waals surface area contributed by atoms with Crippen LogP contribution in [-0.4, -0.2) is 24.0 Å². The van der Waals surface area contributed by atoms with Crippen molar-refractivity contribution in [2.24, 2.45) is 0 Å². The Balaban J connectivity index is 1.57. The SMILES string of the molecule is O=C(c1cc(Cl)c(OCc2ccccc2)c(Cl)c1)N1CCOc2cccnc21. The molecule has 0 saturated carbocycles. The van der Waals surface area contributed by atoms with Gasteiger partial charge in [-0.3, -0.25) is 9.69 Å². The van der Waals surface area contributed by atoms with Crippen molar-refractivity contribution in [3.8, 4) is 11.5 Å². The largest absolute Gasteiger partial charge is 0.488 e. The van der Waals surface area contributed by atoms with Crippen molar-refractivity contribution in [1.82, 2.24) is 4.98 Å². The molecular weight excluding hydrogens is 399 g/mol. The monoisotopic (exact) mass is 414 g/mol. The molecule has 0 aliphatic carbocycles. The highest BCUT2D eigenvalue weighted by molar-refractivity contribution is 6.37. The molecule has 7 heteroatoms. The molecule has 0 radical (unpaired) electrons. The van der Waals surface area contributed by atoms with Crippen LogP contribution in [-0.2, 0) is 6.61 Å². The molecule has 2 heterocycles. The van der Waals surface area contributed by atoms with Gasteiger partial charge in [0.25, 0.3) is 5.91 Å². The molecular formula is C21H16Cl2N2O3. The van der Waals surface area contributed by atoms with E-state index >= 15 is 0 Å². The number of hydrogen-bond acceptors (Lipinski definition) is 4. The highest BCUT2D eigenvalue weighted by atomic mass is 35.5. The molecule has 0 atom stereocenters. The van der Waals surface area contributed by atoms with Crippen LogP contribution in [0.25, 0.3) is 0 Å². The van der Waals surface area contributed by atoms with E-state index in [4.69, 9.17) is 32.7 Å². The Morgan fingerprint density at radius 2 is 1.86 bits per heavy atom. The van der Waals surface area contributed by atoms with Crippen LogP contribution < -0.4 is 14.4 Å². The molecule has 142 valence electrons. The highest BCUT2D eigenvalue weighted by Crippen LogP contribution is 2.36. The lowest BCUT2D eigenvalue weighted by Gasteiger charge is -2.28. The first-order valence-electron chi connectivity index (χ1n) is 8.69. The van der Waals surface area contributed by atoms with Gasteiger partial charge in [0, 0.05) is 11.8 Å². The number of anilines is 1. The number of benzene rings is 2. The number of nitrogens with zero attached hydrogens (tertiary/aromatic N) is 2. The normalized spacial score (nSPS) is 12.9. The fourth-order valence-electron chi connectivity index (χ4n) is 2.95. The average molecular weight is 415 g/mol. The van der Waals surface area contributed by atoms with Crippen LogP contribution in [0.5, 0.6) is 11.5 Å². The van der Waals surface area contributed by atoms with Crippen LogP contribution >= 0.6 is 23.2 Å². The van der Waals surface area contributed by atoms with Gasteiger partial charge in [0.05, 0.1) is 16.6 Å². The van der Waals surface area contributed by atoms with E-state index in [1.165, 1.54) is 0 Å². The Morgan fingerprint density at radius 1 is 1.11 bits per heavy atom. The van der Waals surface area contributed by atoms with Crippen molar-refractivity contribution in [3.63, 3.8) is 0 Å². The van der Waals surface area contributed by atoms with E-state index in [1.54, 1.807) is 35.4 Å². The zero-order valence-electron chi connectivity index (χ0n) is 14.8. The lowest BCUT2D eigenvalue weighted by Crippen LogP contribution is -2.38. The molecule has 5 nitrogen and oxygen atoms in total. The second kappa shape index (κ2) is 8.09. The topological polar surface area (TPSA) is 51.7 Å². The summed E-state index contributed by atoms with van der Waals surface area (Å²) in [5.74, 6) is 1.16. The molecule has 1 aliphatic rings. The molecule has 0 fully saturated rings. The Kier molecular flexibility index (Phi) is 5.37. The fourth-order valence-corrected chi connectivity index (χ4v) is 3.55. The summed E-state index contributed by atoms with van der Waals surface area (Å²) in [6, 6.07) is 16.4. The molecule has 0 unspecified atom stereocenters. The molecule has 1 aliphatic heterocycles. The molecule has 1 aromatic heterocycles. The number of pyridine rings is 1. The minimum absolute atomic E-state index is 0.248. The van der Waals surface area contributed by atoms with E-state index < -0.39 is 0 Å². The molecule has 0 spiro atoms. The second-order valence-electron chi connectivity index (χ2n) is 6.17. The summed E-state index contributed by atoms with van der Waals surface area (Å²) in [5, 5.41) is 0.558. The highest BCUT2D eigenvalue weighted by Gasteiger charge is 2.27. The number of aromatic nitrogens is 1. The van der Waals surface area contributed by atoms with E-state index in [9.17, 15) is 4.79 Å². The number of rotatable bonds is 4. The van der Waals surface area contributed by atoms with Crippen molar-refractivity contribution in [2.45, 2.75) is 6.61 Å². The van der Waals surface area contributed by atoms with Crippen LogP contribution in [0, 0.1) is 0 Å².